The lowest BCUT2D eigenvalue weighted by molar-refractivity contribution is 0.101. The number of fused-ring (bicyclic) bond motifs is 4. The summed E-state index contributed by atoms with van der Waals surface area (Å²) >= 11 is 6.01. The maximum atomic E-state index is 12.8. The van der Waals surface area contributed by atoms with Crippen LogP contribution < -0.4 is 9.47 Å². The Labute approximate surface area is 179 Å². The number of ketones is 1. The molecule has 30 heavy (non-hydrogen) atoms. The highest BCUT2D eigenvalue weighted by molar-refractivity contribution is 6.19. The summed E-state index contributed by atoms with van der Waals surface area (Å²) in [5.74, 6) is 2.00. The molecule has 0 radical (unpaired) electrons. The average Bonchev–Trinajstić information content (AvgIpc) is 3.33. The molecule has 0 bridgehead atoms. The maximum absolute atomic E-state index is 12.8. The van der Waals surface area contributed by atoms with Gasteiger partial charge >= 0.3 is 0 Å². The molecule has 4 aromatic rings. The minimum atomic E-state index is 0.0289. The second kappa shape index (κ2) is 7.33. The number of para-hydroxylation sites is 1. The number of hydrogen-bond donors (Lipinski definition) is 0. The number of alkyl halides is 1. The average molecular weight is 421 g/mol. The molecule has 0 unspecified atom stereocenters. The van der Waals surface area contributed by atoms with Gasteiger partial charge in [-0.05, 0) is 44.5 Å². The summed E-state index contributed by atoms with van der Waals surface area (Å²) in [4.78, 5) is 17.8. The molecule has 0 amide bonds. The number of pyridine rings is 1. The molecule has 0 spiro atoms. The van der Waals surface area contributed by atoms with E-state index < -0.39 is 0 Å². The van der Waals surface area contributed by atoms with Crippen LogP contribution in [0.5, 0.6) is 11.5 Å². The second-order valence-corrected chi connectivity index (χ2v) is 7.86. The Hall–Kier alpha value is -3.05. The van der Waals surface area contributed by atoms with E-state index >= 15 is 0 Å². The molecule has 6 heteroatoms. The summed E-state index contributed by atoms with van der Waals surface area (Å²) in [6.45, 7) is 4.58. The molecule has 0 N–H and O–H groups in total. The first kappa shape index (κ1) is 18.9. The number of nitrogens with zero attached hydrogens (tertiary/aromatic N) is 2. The van der Waals surface area contributed by atoms with Crippen LogP contribution in [0.3, 0.4) is 0 Å². The Morgan fingerprint density at radius 2 is 1.97 bits per heavy atom. The summed E-state index contributed by atoms with van der Waals surface area (Å²) < 4.78 is 13.3. The van der Waals surface area contributed by atoms with Crippen molar-refractivity contribution >= 4 is 39.2 Å². The number of aromatic nitrogens is 2. The van der Waals surface area contributed by atoms with Crippen LogP contribution in [0.25, 0.3) is 33.1 Å². The third kappa shape index (κ3) is 2.84. The first-order chi connectivity index (χ1) is 14.6. The zero-order chi connectivity index (χ0) is 20.8. The van der Waals surface area contributed by atoms with Crippen molar-refractivity contribution in [2.75, 3.05) is 12.7 Å². The molecular formula is C24H21ClN2O3. The molecule has 1 aliphatic rings. The highest BCUT2D eigenvalue weighted by Gasteiger charge is 2.25. The number of hydrogen-bond acceptors (Lipinski definition) is 4. The molecular weight excluding hydrogens is 400 g/mol. The number of Topliss-reactive ketones (excluding diaryl/α,β-unsaturated/α-hetero) is 1. The Kier molecular flexibility index (Phi) is 4.63. The van der Waals surface area contributed by atoms with E-state index in [1.807, 2.05) is 43.3 Å². The lowest BCUT2D eigenvalue weighted by atomic mass is 9.99. The molecule has 0 saturated carbocycles. The van der Waals surface area contributed by atoms with E-state index in [4.69, 9.17) is 26.1 Å². The third-order valence-electron chi connectivity index (χ3n) is 5.67. The molecule has 0 aliphatic carbocycles. The van der Waals surface area contributed by atoms with Crippen LogP contribution in [0.4, 0.5) is 0 Å². The fourth-order valence-corrected chi connectivity index (χ4v) is 4.50. The molecule has 5 nitrogen and oxygen atoms in total. The molecule has 1 aliphatic heterocycles. The monoisotopic (exact) mass is 420 g/mol. The van der Waals surface area contributed by atoms with Gasteiger partial charge in [0.15, 0.2) is 17.3 Å². The SMILES string of the molecule is CC(=O)c1c(C)n(CCCCl)c2c1c(-c1ccc3c(c1)OCO3)nc1ccccc12. The molecule has 0 saturated heterocycles. The first-order valence-corrected chi connectivity index (χ1v) is 10.5. The van der Waals surface area contributed by atoms with Gasteiger partial charge < -0.3 is 14.0 Å². The van der Waals surface area contributed by atoms with Crippen LogP contribution in [0.2, 0.25) is 0 Å². The van der Waals surface area contributed by atoms with Gasteiger partial charge in [-0.15, -0.1) is 11.6 Å². The molecule has 0 atom stereocenters. The topological polar surface area (TPSA) is 53.4 Å². The van der Waals surface area contributed by atoms with Gasteiger partial charge in [0.25, 0.3) is 0 Å². The van der Waals surface area contributed by atoms with Crippen molar-refractivity contribution in [2.45, 2.75) is 26.8 Å². The van der Waals surface area contributed by atoms with Crippen molar-refractivity contribution in [2.24, 2.45) is 0 Å². The van der Waals surface area contributed by atoms with Gasteiger partial charge in [-0.3, -0.25) is 4.79 Å². The largest absolute Gasteiger partial charge is 0.454 e. The van der Waals surface area contributed by atoms with Crippen LogP contribution >= 0.6 is 11.6 Å². The van der Waals surface area contributed by atoms with Crippen molar-refractivity contribution < 1.29 is 14.3 Å². The Morgan fingerprint density at radius 1 is 1.17 bits per heavy atom. The summed E-state index contributed by atoms with van der Waals surface area (Å²) in [5, 5.41) is 1.91. The van der Waals surface area contributed by atoms with Crippen molar-refractivity contribution in [1.29, 1.82) is 0 Å². The van der Waals surface area contributed by atoms with E-state index in [-0.39, 0.29) is 12.6 Å². The van der Waals surface area contributed by atoms with Gasteiger partial charge in [-0.1, -0.05) is 18.2 Å². The number of rotatable bonds is 5. The number of aryl methyl sites for hydroxylation is 1. The summed E-state index contributed by atoms with van der Waals surface area (Å²) in [7, 11) is 0. The van der Waals surface area contributed by atoms with Gasteiger partial charge in [0, 0.05) is 40.0 Å². The van der Waals surface area contributed by atoms with Crippen molar-refractivity contribution in [3.05, 3.63) is 53.7 Å². The van der Waals surface area contributed by atoms with Gasteiger partial charge in [-0.2, -0.15) is 0 Å². The Bertz CT molecular complexity index is 1310. The lowest BCUT2D eigenvalue weighted by Gasteiger charge is -2.11. The van der Waals surface area contributed by atoms with Crippen LogP contribution in [-0.2, 0) is 6.54 Å². The first-order valence-electron chi connectivity index (χ1n) is 9.98. The number of carbonyl (C=O) groups is 1. The molecule has 3 heterocycles. The quantitative estimate of drug-likeness (QED) is 0.306. The number of halogens is 1. The second-order valence-electron chi connectivity index (χ2n) is 7.48. The summed E-state index contributed by atoms with van der Waals surface area (Å²) in [5.41, 5.74) is 5.25. The molecule has 152 valence electrons. The van der Waals surface area contributed by atoms with Crippen LogP contribution in [0.15, 0.2) is 42.5 Å². The molecule has 2 aromatic carbocycles. The number of benzene rings is 2. The Balaban J connectivity index is 1.91. The summed E-state index contributed by atoms with van der Waals surface area (Å²) in [6, 6.07) is 13.9. The fraction of sp³-hybridized carbons (Fsp3) is 0.250. The van der Waals surface area contributed by atoms with Crippen molar-refractivity contribution in [3.63, 3.8) is 0 Å². The van der Waals surface area contributed by atoms with Crippen molar-refractivity contribution in [1.82, 2.24) is 9.55 Å². The minimum Gasteiger partial charge on any atom is -0.454 e. The number of ether oxygens (including phenoxy) is 2. The molecule has 2 aromatic heterocycles. The maximum Gasteiger partial charge on any atom is 0.231 e. The smallest absolute Gasteiger partial charge is 0.231 e. The van der Waals surface area contributed by atoms with E-state index in [1.54, 1.807) is 6.92 Å². The number of carbonyl (C=O) groups excluding carboxylic acids is 1. The highest BCUT2D eigenvalue weighted by Crippen LogP contribution is 2.41. The summed E-state index contributed by atoms with van der Waals surface area (Å²) in [6.07, 6.45) is 0.819. The minimum absolute atomic E-state index is 0.0289. The lowest BCUT2D eigenvalue weighted by Crippen LogP contribution is -2.03. The van der Waals surface area contributed by atoms with Crippen LogP contribution in [0.1, 0.15) is 29.4 Å². The van der Waals surface area contributed by atoms with E-state index in [0.29, 0.717) is 17.2 Å². The normalized spacial score (nSPS) is 12.8. The van der Waals surface area contributed by atoms with E-state index in [9.17, 15) is 4.79 Å². The van der Waals surface area contributed by atoms with Gasteiger partial charge in [0.05, 0.1) is 16.7 Å². The van der Waals surface area contributed by atoms with Gasteiger partial charge in [-0.25, -0.2) is 4.98 Å². The van der Waals surface area contributed by atoms with E-state index in [0.717, 1.165) is 57.5 Å². The van der Waals surface area contributed by atoms with Crippen LogP contribution in [-0.4, -0.2) is 28.0 Å². The predicted octanol–water partition coefficient (Wildman–Crippen LogP) is 5.73. The predicted molar refractivity (Wildman–Crippen MR) is 119 cm³/mol. The zero-order valence-electron chi connectivity index (χ0n) is 16.9. The van der Waals surface area contributed by atoms with Crippen LogP contribution in [0, 0.1) is 6.92 Å². The highest BCUT2D eigenvalue weighted by atomic mass is 35.5. The van der Waals surface area contributed by atoms with E-state index in [2.05, 4.69) is 10.6 Å². The van der Waals surface area contributed by atoms with E-state index in [1.165, 1.54) is 0 Å². The Morgan fingerprint density at radius 3 is 2.77 bits per heavy atom. The third-order valence-corrected chi connectivity index (χ3v) is 5.93. The fourth-order valence-electron chi connectivity index (χ4n) is 4.38. The molecule has 5 rings (SSSR count). The van der Waals surface area contributed by atoms with Gasteiger partial charge in [0.2, 0.25) is 6.79 Å². The zero-order valence-corrected chi connectivity index (χ0v) is 17.6. The standard InChI is InChI=1S/C24H21ClN2O3/c1-14-21(15(2)28)22-23(16-8-9-19-20(12-16)30-13-29-19)26-18-7-4-3-6-17(18)24(22)27(14)11-5-10-25/h3-4,6-9,12H,5,10-11,13H2,1-2H3. The van der Waals surface area contributed by atoms with Gasteiger partial charge in [0.1, 0.15) is 0 Å². The van der Waals surface area contributed by atoms with Crippen molar-refractivity contribution in [3.8, 4) is 22.8 Å². The molecule has 0 fully saturated rings.